The Morgan fingerprint density at radius 1 is 1.50 bits per heavy atom. The highest BCUT2D eigenvalue weighted by Gasteiger charge is 2.12. The summed E-state index contributed by atoms with van der Waals surface area (Å²) in [6.45, 7) is 2.11. The van der Waals surface area contributed by atoms with Crippen molar-refractivity contribution in [2.75, 3.05) is 6.54 Å². The lowest BCUT2D eigenvalue weighted by Gasteiger charge is -2.22. The molecule has 66 valence electrons. The molecule has 1 aliphatic heterocycles. The van der Waals surface area contributed by atoms with E-state index in [0.717, 1.165) is 13.1 Å². The maximum Gasteiger partial charge on any atom is 0.137 e. The molecule has 1 N–H and O–H groups in total. The Balaban J connectivity index is 1.86. The van der Waals surface area contributed by atoms with Crippen LogP contribution >= 0.6 is 0 Å². The minimum absolute atomic E-state index is 0.598. The van der Waals surface area contributed by atoms with Gasteiger partial charge in [-0.3, -0.25) is 4.68 Å². The van der Waals surface area contributed by atoms with E-state index in [-0.39, 0.29) is 0 Å². The first-order valence-electron chi connectivity index (χ1n) is 4.51. The van der Waals surface area contributed by atoms with Gasteiger partial charge in [0.1, 0.15) is 12.7 Å². The van der Waals surface area contributed by atoms with Crippen LogP contribution in [0.3, 0.4) is 0 Å². The number of aromatic nitrogens is 3. The van der Waals surface area contributed by atoms with Gasteiger partial charge in [-0.1, -0.05) is 6.42 Å². The van der Waals surface area contributed by atoms with Crippen molar-refractivity contribution in [1.82, 2.24) is 20.1 Å². The van der Waals surface area contributed by atoms with Crippen LogP contribution in [0, 0.1) is 0 Å². The van der Waals surface area contributed by atoms with Gasteiger partial charge in [0.05, 0.1) is 6.54 Å². The molecule has 0 spiro atoms. The molecule has 0 radical (unpaired) electrons. The van der Waals surface area contributed by atoms with Crippen molar-refractivity contribution in [3.63, 3.8) is 0 Å². The Morgan fingerprint density at radius 2 is 2.50 bits per heavy atom. The van der Waals surface area contributed by atoms with E-state index >= 15 is 0 Å². The van der Waals surface area contributed by atoms with Gasteiger partial charge in [-0.05, 0) is 19.4 Å². The summed E-state index contributed by atoms with van der Waals surface area (Å²) in [6.07, 6.45) is 7.28. The minimum atomic E-state index is 0.598. The lowest BCUT2D eigenvalue weighted by atomic mass is 10.1. The normalized spacial score (nSPS) is 24.2. The van der Waals surface area contributed by atoms with Crippen molar-refractivity contribution in [3.05, 3.63) is 12.7 Å². The lowest BCUT2D eigenvalue weighted by Crippen LogP contribution is -2.37. The summed E-state index contributed by atoms with van der Waals surface area (Å²) >= 11 is 0. The monoisotopic (exact) mass is 166 g/mol. The molecule has 0 saturated carbocycles. The number of nitrogens with one attached hydrogen (secondary N) is 1. The highest BCUT2D eigenvalue weighted by Crippen LogP contribution is 2.07. The third kappa shape index (κ3) is 1.82. The van der Waals surface area contributed by atoms with E-state index in [9.17, 15) is 0 Å². The number of hydrogen-bond acceptors (Lipinski definition) is 3. The summed E-state index contributed by atoms with van der Waals surface area (Å²) in [5, 5.41) is 7.54. The van der Waals surface area contributed by atoms with Crippen LogP contribution < -0.4 is 5.32 Å². The van der Waals surface area contributed by atoms with Gasteiger partial charge in [0.25, 0.3) is 0 Å². The SMILES string of the molecule is c1ncn(C[C@H]2CCCCN2)n1. The predicted molar refractivity (Wildman–Crippen MR) is 45.7 cm³/mol. The molecule has 1 atom stereocenters. The Bertz CT molecular complexity index is 213. The van der Waals surface area contributed by atoms with Crippen molar-refractivity contribution in [2.24, 2.45) is 0 Å². The topological polar surface area (TPSA) is 42.7 Å². The van der Waals surface area contributed by atoms with E-state index < -0.39 is 0 Å². The average molecular weight is 166 g/mol. The van der Waals surface area contributed by atoms with Crippen molar-refractivity contribution in [1.29, 1.82) is 0 Å². The van der Waals surface area contributed by atoms with Crippen LogP contribution in [0.25, 0.3) is 0 Å². The lowest BCUT2D eigenvalue weighted by molar-refractivity contribution is 0.351. The molecule has 12 heavy (non-hydrogen) atoms. The number of piperidine rings is 1. The molecule has 1 aliphatic rings. The Hall–Kier alpha value is -0.900. The molecule has 0 aromatic carbocycles. The molecule has 1 aromatic heterocycles. The van der Waals surface area contributed by atoms with Gasteiger partial charge in [-0.15, -0.1) is 0 Å². The molecule has 2 heterocycles. The van der Waals surface area contributed by atoms with Gasteiger partial charge in [0.15, 0.2) is 0 Å². The fourth-order valence-electron chi connectivity index (χ4n) is 1.63. The molecule has 1 fully saturated rings. The van der Waals surface area contributed by atoms with E-state index in [1.54, 1.807) is 12.7 Å². The molecular weight excluding hydrogens is 152 g/mol. The van der Waals surface area contributed by atoms with E-state index in [1.807, 2.05) is 4.68 Å². The third-order valence-electron chi connectivity index (χ3n) is 2.29. The molecule has 1 saturated heterocycles. The molecule has 0 bridgehead atoms. The fourth-order valence-corrected chi connectivity index (χ4v) is 1.63. The molecular formula is C8H14N4. The molecule has 0 amide bonds. The van der Waals surface area contributed by atoms with Crippen molar-refractivity contribution >= 4 is 0 Å². The Kier molecular flexibility index (Phi) is 2.36. The first kappa shape index (κ1) is 7.73. The second kappa shape index (κ2) is 3.67. The average Bonchev–Trinajstić information content (AvgIpc) is 2.59. The summed E-state index contributed by atoms with van der Waals surface area (Å²) in [5.41, 5.74) is 0. The minimum Gasteiger partial charge on any atom is -0.312 e. The predicted octanol–water partition coefficient (Wildman–Crippen LogP) is 0.420. The maximum absolute atomic E-state index is 4.08. The summed E-state index contributed by atoms with van der Waals surface area (Å²) in [5.74, 6) is 0. The van der Waals surface area contributed by atoms with Crippen LogP contribution in [0.2, 0.25) is 0 Å². The molecule has 2 rings (SSSR count). The standard InChI is InChI=1S/C8H14N4/c1-2-4-10-8(3-1)5-12-7-9-6-11-12/h6-8,10H,1-5H2/t8-/m1/s1. The van der Waals surface area contributed by atoms with Gasteiger partial charge in [0, 0.05) is 6.04 Å². The Labute approximate surface area is 72.0 Å². The van der Waals surface area contributed by atoms with Crippen LogP contribution in [-0.4, -0.2) is 27.4 Å². The van der Waals surface area contributed by atoms with Crippen molar-refractivity contribution < 1.29 is 0 Å². The number of nitrogens with zero attached hydrogens (tertiary/aromatic N) is 3. The van der Waals surface area contributed by atoms with Crippen molar-refractivity contribution in [2.45, 2.75) is 31.8 Å². The molecule has 1 aromatic rings. The zero-order chi connectivity index (χ0) is 8.23. The number of rotatable bonds is 2. The van der Waals surface area contributed by atoms with Crippen LogP contribution in [0.1, 0.15) is 19.3 Å². The van der Waals surface area contributed by atoms with Gasteiger partial charge in [0.2, 0.25) is 0 Å². The first-order chi connectivity index (χ1) is 5.95. The highest BCUT2D eigenvalue weighted by atomic mass is 15.3. The zero-order valence-electron chi connectivity index (χ0n) is 7.11. The first-order valence-corrected chi connectivity index (χ1v) is 4.51. The second-order valence-corrected chi connectivity index (χ2v) is 3.26. The van der Waals surface area contributed by atoms with Crippen LogP contribution in [0.4, 0.5) is 0 Å². The summed E-state index contributed by atoms with van der Waals surface area (Å²) in [6, 6.07) is 0.598. The van der Waals surface area contributed by atoms with E-state index in [2.05, 4.69) is 15.4 Å². The highest BCUT2D eigenvalue weighted by molar-refractivity contribution is 4.72. The number of hydrogen-bond donors (Lipinski definition) is 1. The van der Waals surface area contributed by atoms with Crippen LogP contribution in [0.5, 0.6) is 0 Å². The van der Waals surface area contributed by atoms with Gasteiger partial charge >= 0.3 is 0 Å². The summed E-state index contributed by atoms with van der Waals surface area (Å²) in [4.78, 5) is 3.91. The smallest absolute Gasteiger partial charge is 0.137 e. The molecule has 0 aliphatic carbocycles. The third-order valence-corrected chi connectivity index (χ3v) is 2.29. The van der Waals surface area contributed by atoms with Crippen molar-refractivity contribution in [3.8, 4) is 0 Å². The second-order valence-electron chi connectivity index (χ2n) is 3.26. The van der Waals surface area contributed by atoms with Gasteiger partial charge in [-0.2, -0.15) is 5.10 Å². The van der Waals surface area contributed by atoms with Crippen LogP contribution in [-0.2, 0) is 6.54 Å². The largest absolute Gasteiger partial charge is 0.312 e. The fraction of sp³-hybridized carbons (Fsp3) is 0.750. The van der Waals surface area contributed by atoms with E-state index in [4.69, 9.17) is 0 Å². The molecule has 4 heteroatoms. The van der Waals surface area contributed by atoms with E-state index in [1.165, 1.54) is 19.3 Å². The molecule has 4 nitrogen and oxygen atoms in total. The van der Waals surface area contributed by atoms with E-state index in [0.29, 0.717) is 6.04 Å². The Morgan fingerprint density at radius 3 is 3.17 bits per heavy atom. The molecule has 0 unspecified atom stereocenters. The van der Waals surface area contributed by atoms with Crippen LogP contribution in [0.15, 0.2) is 12.7 Å². The zero-order valence-corrected chi connectivity index (χ0v) is 7.11. The quantitative estimate of drug-likeness (QED) is 0.692. The van der Waals surface area contributed by atoms with Gasteiger partial charge < -0.3 is 5.32 Å². The summed E-state index contributed by atoms with van der Waals surface area (Å²) < 4.78 is 1.89. The van der Waals surface area contributed by atoms with Gasteiger partial charge in [-0.25, -0.2) is 4.98 Å². The summed E-state index contributed by atoms with van der Waals surface area (Å²) in [7, 11) is 0. The maximum atomic E-state index is 4.08.